The van der Waals surface area contributed by atoms with Crippen LogP contribution in [0.5, 0.6) is 0 Å². The summed E-state index contributed by atoms with van der Waals surface area (Å²) in [6, 6.07) is -0.125. The van der Waals surface area contributed by atoms with Crippen molar-refractivity contribution in [1.82, 2.24) is 20.4 Å². The lowest BCUT2D eigenvalue weighted by Crippen LogP contribution is -2.38. The van der Waals surface area contributed by atoms with Crippen LogP contribution in [0, 0.1) is 0 Å². The molecule has 0 aromatic heterocycles. The summed E-state index contributed by atoms with van der Waals surface area (Å²) in [6.07, 6.45) is 1.25. The molecule has 2 unspecified atom stereocenters. The van der Waals surface area contributed by atoms with Crippen molar-refractivity contribution < 1.29 is 14.4 Å². The van der Waals surface area contributed by atoms with E-state index < -0.39 is 17.8 Å². The van der Waals surface area contributed by atoms with Crippen LogP contribution in [-0.2, 0) is 9.59 Å². The predicted molar refractivity (Wildman–Crippen MR) is 75.1 cm³/mol. The molecule has 7 nitrogen and oxygen atoms in total. The van der Waals surface area contributed by atoms with Gasteiger partial charge in [0.15, 0.2) is 0 Å². The molecule has 0 saturated carbocycles. The molecule has 0 aliphatic carbocycles. The molecule has 4 amide bonds. The maximum atomic E-state index is 12.1. The molecule has 0 spiro atoms. The van der Waals surface area contributed by atoms with Gasteiger partial charge in [-0.3, -0.25) is 19.4 Å². The van der Waals surface area contributed by atoms with Crippen LogP contribution < -0.4 is 10.6 Å². The Hall–Kier alpha value is -1.47. The fourth-order valence-corrected chi connectivity index (χ4v) is 1.88. The lowest BCUT2D eigenvalue weighted by atomic mass is 10.2. The average Bonchev–Trinajstić information content (AvgIpc) is 2.65. The van der Waals surface area contributed by atoms with Crippen LogP contribution in [0.1, 0.15) is 26.7 Å². The number of amides is 4. The molecule has 1 saturated heterocycles. The van der Waals surface area contributed by atoms with E-state index >= 15 is 0 Å². The largest absolute Gasteiger partial charge is 0.334 e. The van der Waals surface area contributed by atoms with Gasteiger partial charge in [-0.15, -0.1) is 0 Å². The van der Waals surface area contributed by atoms with Crippen molar-refractivity contribution in [3.05, 3.63) is 0 Å². The Bertz CT molecular complexity index is 352. The van der Waals surface area contributed by atoms with E-state index in [9.17, 15) is 14.4 Å². The third-order valence-electron chi connectivity index (χ3n) is 3.69. The van der Waals surface area contributed by atoms with Crippen molar-refractivity contribution in [2.24, 2.45) is 0 Å². The maximum absolute atomic E-state index is 12.1. The van der Waals surface area contributed by atoms with E-state index in [0.29, 0.717) is 12.8 Å². The zero-order valence-electron chi connectivity index (χ0n) is 12.6. The first-order valence-electron chi connectivity index (χ1n) is 6.94. The number of rotatable bonds is 8. The number of carbonyl (C=O) groups is 3. The van der Waals surface area contributed by atoms with E-state index in [1.54, 1.807) is 0 Å². The van der Waals surface area contributed by atoms with Crippen LogP contribution in [0.2, 0.25) is 0 Å². The monoisotopic (exact) mass is 284 g/mol. The zero-order valence-corrected chi connectivity index (χ0v) is 12.6. The highest BCUT2D eigenvalue weighted by molar-refractivity contribution is 6.44. The highest BCUT2D eigenvalue weighted by Gasteiger charge is 2.43. The van der Waals surface area contributed by atoms with Gasteiger partial charge in [0.1, 0.15) is 0 Å². The smallest absolute Gasteiger partial charge is 0.317 e. The Kier molecular flexibility index (Phi) is 6.09. The summed E-state index contributed by atoms with van der Waals surface area (Å²) in [6.45, 7) is 4.45. The molecule has 114 valence electrons. The van der Waals surface area contributed by atoms with Crippen molar-refractivity contribution in [2.45, 2.75) is 38.8 Å². The number of hydrogen-bond acceptors (Lipinski definition) is 5. The molecular weight excluding hydrogens is 260 g/mol. The van der Waals surface area contributed by atoms with Crippen LogP contribution in [0.4, 0.5) is 4.79 Å². The van der Waals surface area contributed by atoms with E-state index in [1.807, 2.05) is 27.9 Å². The molecular formula is C13H24N4O3. The molecule has 2 atom stereocenters. The molecule has 0 bridgehead atoms. The van der Waals surface area contributed by atoms with Crippen LogP contribution in [0.15, 0.2) is 0 Å². The topological polar surface area (TPSA) is 81.8 Å². The normalized spacial score (nSPS) is 18.9. The Morgan fingerprint density at radius 3 is 1.50 bits per heavy atom. The number of carbonyl (C=O) groups excluding carboxylic acids is 3. The van der Waals surface area contributed by atoms with Gasteiger partial charge in [-0.25, -0.2) is 4.79 Å². The van der Waals surface area contributed by atoms with E-state index in [0.717, 1.165) is 9.80 Å². The minimum Gasteiger partial charge on any atom is -0.317 e. The quantitative estimate of drug-likeness (QED) is 0.475. The predicted octanol–water partition coefficient (Wildman–Crippen LogP) is -0.227. The van der Waals surface area contributed by atoms with E-state index in [1.165, 1.54) is 0 Å². The molecule has 1 aliphatic heterocycles. The van der Waals surface area contributed by atoms with Gasteiger partial charge < -0.3 is 10.6 Å². The van der Waals surface area contributed by atoms with Gasteiger partial charge in [0, 0.05) is 25.2 Å². The van der Waals surface area contributed by atoms with Gasteiger partial charge in [0.25, 0.3) is 0 Å². The first kappa shape index (κ1) is 16.6. The number of nitrogens with one attached hydrogen (secondary N) is 2. The van der Waals surface area contributed by atoms with Crippen LogP contribution in [0.25, 0.3) is 0 Å². The lowest BCUT2D eigenvalue weighted by Gasteiger charge is -2.18. The van der Waals surface area contributed by atoms with Crippen molar-refractivity contribution in [2.75, 3.05) is 27.2 Å². The molecule has 7 heteroatoms. The first-order chi connectivity index (χ1) is 9.42. The Morgan fingerprint density at radius 1 is 0.850 bits per heavy atom. The van der Waals surface area contributed by atoms with Gasteiger partial charge >= 0.3 is 17.8 Å². The maximum Gasteiger partial charge on any atom is 0.334 e. The second-order valence-corrected chi connectivity index (χ2v) is 5.15. The summed E-state index contributed by atoms with van der Waals surface area (Å²) in [4.78, 5) is 37.8. The van der Waals surface area contributed by atoms with Gasteiger partial charge in [-0.1, -0.05) is 0 Å². The summed E-state index contributed by atoms with van der Waals surface area (Å²) in [5.74, 6) is -1.43. The molecule has 1 heterocycles. The highest BCUT2D eigenvalue weighted by Crippen LogP contribution is 2.14. The summed E-state index contributed by atoms with van der Waals surface area (Å²) in [5, 5.41) is 6.07. The summed E-state index contributed by atoms with van der Waals surface area (Å²) >= 11 is 0. The SMILES string of the molecule is CNC(C)CCN1C(=O)C(=O)N(CCC(C)NC)C1=O. The van der Waals surface area contributed by atoms with Gasteiger partial charge in [-0.2, -0.15) is 0 Å². The van der Waals surface area contributed by atoms with Crippen molar-refractivity contribution in [1.29, 1.82) is 0 Å². The van der Waals surface area contributed by atoms with Crippen LogP contribution in [-0.4, -0.2) is 66.9 Å². The summed E-state index contributed by atoms with van der Waals surface area (Å²) in [5.41, 5.74) is 0. The molecule has 0 aromatic rings. The molecule has 0 aromatic carbocycles. The molecule has 1 rings (SSSR count). The van der Waals surface area contributed by atoms with E-state index in [2.05, 4.69) is 10.6 Å². The summed E-state index contributed by atoms with van der Waals surface area (Å²) in [7, 11) is 3.63. The first-order valence-corrected chi connectivity index (χ1v) is 6.94. The number of urea groups is 1. The Balaban J connectivity index is 2.61. The third-order valence-corrected chi connectivity index (χ3v) is 3.69. The van der Waals surface area contributed by atoms with E-state index in [-0.39, 0.29) is 25.2 Å². The molecule has 20 heavy (non-hydrogen) atoms. The van der Waals surface area contributed by atoms with Gasteiger partial charge in [0.2, 0.25) is 0 Å². The van der Waals surface area contributed by atoms with E-state index in [4.69, 9.17) is 0 Å². The number of hydrogen-bond donors (Lipinski definition) is 2. The third kappa shape index (κ3) is 3.77. The second kappa shape index (κ2) is 7.35. The highest BCUT2D eigenvalue weighted by atomic mass is 16.2. The zero-order chi connectivity index (χ0) is 15.3. The van der Waals surface area contributed by atoms with Crippen molar-refractivity contribution in [3.8, 4) is 0 Å². The van der Waals surface area contributed by atoms with Crippen LogP contribution >= 0.6 is 0 Å². The Morgan fingerprint density at radius 2 is 1.20 bits per heavy atom. The standard InChI is InChI=1S/C13H24N4O3/c1-9(14-3)5-7-16-11(18)12(19)17(13(16)20)8-6-10(2)15-4/h9-10,14-15H,5-8H2,1-4H3. The number of imide groups is 2. The lowest BCUT2D eigenvalue weighted by molar-refractivity contribution is -0.143. The number of nitrogens with zero attached hydrogens (tertiary/aromatic N) is 2. The minimum atomic E-state index is -0.713. The van der Waals surface area contributed by atoms with Crippen molar-refractivity contribution in [3.63, 3.8) is 0 Å². The van der Waals surface area contributed by atoms with Gasteiger partial charge in [-0.05, 0) is 40.8 Å². The molecule has 0 radical (unpaired) electrons. The molecule has 2 N–H and O–H groups in total. The van der Waals surface area contributed by atoms with Gasteiger partial charge in [0.05, 0.1) is 0 Å². The fraction of sp³-hybridized carbons (Fsp3) is 0.769. The van der Waals surface area contributed by atoms with Crippen molar-refractivity contribution >= 4 is 17.8 Å². The Labute approximate surface area is 119 Å². The second-order valence-electron chi connectivity index (χ2n) is 5.15. The summed E-state index contributed by atoms with van der Waals surface area (Å²) < 4.78 is 0. The minimum absolute atomic E-state index is 0.184. The molecule has 1 fully saturated rings. The average molecular weight is 284 g/mol. The fourth-order valence-electron chi connectivity index (χ4n) is 1.88. The van der Waals surface area contributed by atoms with Crippen LogP contribution in [0.3, 0.4) is 0 Å². The molecule has 1 aliphatic rings.